The minimum atomic E-state index is -1.18. The lowest BCUT2D eigenvalue weighted by Gasteiger charge is -2.41. The molecule has 1 aliphatic carbocycles. The van der Waals surface area contributed by atoms with E-state index < -0.39 is 66.2 Å². The monoisotopic (exact) mass is 820 g/mol. The molecule has 2 saturated heterocycles. The molecule has 1 amide bonds. The summed E-state index contributed by atoms with van der Waals surface area (Å²) in [4.78, 5) is 53.9. The molecule has 13 nitrogen and oxygen atoms in total. The molecule has 0 aromatic heterocycles. The molecule has 0 radical (unpaired) electrons. The van der Waals surface area contributed by atoms with Gasteiger partial charge >= 0.3 is 5.97 Å². The Bertz CT molecular complexity index is 1430. The van der Waals surface area contributed by atoms with Crippen LogP contribution in [-0.2, 0) is 42.9 Å². The fourth-order valence-corrected chi connectivity index (χ4v) is 9.04. The second-order valence-corrected chi connectivity index (χ2v) is 17.3. The quantitative estimate of drug-likeness (QED) is 0.0778. The van der Waals surface area contributed by atoms with Gasteiger partial charge in [0.15, 0.2) is 6.29 Å². The minimum absolute atomic E-state index is 0.0181. The maximum Gasteiger partial charge on any atom is 0.329 e. The zero-order valence-electron chi connectivity index (χ0n) is 36.5. The predicted molar refractivity (Wildman–Crippen MR) is 219 cm³/mol. The van der Waals surface area contributed by atoms with Gasteiger partial charge in [0, 0.05) is 59.0 Å². The van der Waals surface area contributed by atoms with Crippen molar-refractivity contribution >= 4 is 23.4 Å². The number of esters is 1. The van der Waals surface area contributed by atoms with Gasteiger partial charge in [0.25, 0.3) is 5.91 Å². The van der Waals surface area contributed by atoms with Crippen molar-refractivity contribution in [3.05, 3.63) is 36.0 Å². The van der Waals surface area contributed by atoms with E-state index in [4.69, 9.17) is 23.7 Å². The third-order valence-electron chi connectivity index (χ3n) is 12.5. The lowest BCUT2D eigenvalue weighted by Crippen LogP contribution is -2.51. The number of carbonyl (C=O) groups excluding carboxylic acids is 4. The first-order chi connectivity index (χ1) is 27.4. The van der Waals surface area contributed by atoms with Crippen LogP contribution < -0.4 is 0 Å². The van der Waals surface area contributed by atoms with Gasteiger partial charge in [-0.3, -0.25) is 14.4 Å². The minimum Gasteiger partial charge on any atom is -0.456 e. The SMILES string of the molecule is C=CC[C@H](/C=C(\C)C[C@H](C)C[C@H](OC)[C@H]1O[C@H](O)[C@H](C)C[C@@H]1OC)C(=O)C[C@H](O)[C@@H](C)[C@H](OC(=O)[C@@H]1CCCCN1C(=O)C(C)=O)/C(C)=C/[C@@H]1CC[C@@H](O)[C@H](OC)C1. The van der Waals surface area contributed by atoms with E-state index in [1.54, 1.807) is 34.3 Å². The van der Waals surface area contributed by atoms with Crippen molar-refractivity contribution in [2.75, 3.05) is 27.9 Å². The van der Waals surface area contributed by atoms with Crippen LogP contribution >= 0.6 is 0 Å². The molecule has 3 fully saturated rings. The van der Waals surface area contributed by atoms with Gasteiger partial charge in [0.05, 0.1) is 30.5 Å². The molecule has 330 valence electrons. The average molecular weight is 820 g/mol. The van der Waals surface area contributed by atoms with E-state index in [1.807, 2.05) is 32.9 Å². The summed E-state index contributed by atoms with van der Waals surface area (Å²) in [6.45, 7) is 14.9. The van der Waals surface area contributed by atoms with Crippen LogP contribution in [0.5, 0.6) is 0 Å². The first-order valence-corrected chi connectivity index (χ1v) is 21.2. The van der Waals surface area contributed by atoms with Crippen LogP contribution in [0.2, 0.25) is 0 Å². The number of piperidine rings is 1. The summed E-state index contributed by atoms with van der Waals surface area (Å²) in [5.41, 5.74) is 1.69. The number of rotatable bonds is 21. The Morgan fingerprint density at radius 1 is 0.948 bits per heavy atom. The number of nitrogens with zero attached hydrogens (tertiary/aromatic N) is 1. The molecule has 1 saturated carbocycles. The number of Topliss-reactive ketones (excluding diaryl/α,β-unsaturated/α-hetero) is 2. The van der Waals surface area contributed by atoms with E-state index in [-0.39, 0.29) is 54.8 Å². The lowest BCUT2D eigenvalue weighted by molar-refractivity contribution is -0.254. The maximum atomic E-state index is 13.9. The molecule has 3 N–H and O–H groups in total. The zero-order chi connectivity index (χ0) is 43.3. The van der Waals surface area contributed by atoms with E-state index in [0.717, 1.165) is 5.57 Å². The highest BCUT2D eigenvalue weighted by Crippen LogP contribution is 2.34. The highest BCUT2D eigenvalue weighted by molar-refractivity contribution is 6.35. The Labute approximate surface area is 346 Å². The van der Waals surface area contributed by atoms with Crippen LogP contribution in [0.1, 0.15) is 112 Å². The third kappa shape index (κ3) is 13.9. The number of likely N-dealkylation sites (tertiary alicyclic amines) is 1. The molecular weight excluding hydrogens is 746 g/mol. The molecule has 2 aliphatic heterocycles. The maximum absolute atomic E-state index is 13.9. The molecule has 2 heterocycles. The molecule has 3 rings (SSSR count). The normalized spacial score (nSPS) is 30.4. The average Bonchev–Trinajstić information content (AvgIpc) is 3.19. The Hall–Kier alpha value is -2.78. The van der Waals surface area contributed by atoms with Gasteiger partial charge < -0.3 is 43.9 Å². The summed E-state index contributed by atoms with van der Waals surface area (Å²) in [6.07, 6.45) is 6.46. The summed E-state index contributed by atoms with van der Waals surface area (Å²) >= 11 is 0. The van der Waals surface area contributed by atoms with Crippen molar-refractivity contribution in [2.45, 2.75) is 167 Å². The number of carbonyl (C=O) groups is 4. The van der Waals surface area contributed by atoms with E-state index in [9.17, 15) is 34.5 Å². The molecule has 0 aromatic carbocycles. The second-order valence-electron chi connectivity index (χ2n) is 17.3. The Balaban J connectivity index is 1.78. The summed E-state index contributed by atoms with van der Waals surface area (Å²) in [6, 6.07) is -0.937. The molecule has 0 spiro atoms. The van der Waals surface area contributed by atoms with Crippen LogP contribution in [0.15, 0.2) is 36.0 Å². The van der Waals surface area contributed by atoms with Crippen LogP contribution in [0.3, 0.4) is 0 Å². The van der Waals surface area contributed by atoms with Crippen molar-refractivity contribution in [1.82, 2.24) is 4.90 Å². The number of methoxy groups -OCH3 is 3. The van der Waals surface area contributed by atoms with Crippen molar-refractivity contribution in [2.24, 2.45) is 29.6 Å². The predicted octanol–water partition coefficient (Wildman–Crippen LogP) is 5.28. The highest BCUT2D eigenvalue weighted by atomic mass is 16.6. The number of aliphatic hydroxyl groups excluding tert-OH is 3. The zero-order valence-corrected chi connectivity index (χ0v) is 36.5. The van der Waals surface area contributed by atoms with Gasteiger partial charge in [-0.05, 0) is 95.5 Å². The van der Waals surface area contributed by atoms with Crippen LogP contribution in [0.25, 0.3) is 0 Å². The summed E-state index contributed by atoms with van der Waals surface area (Å²) in [7, 11) is 4.84. The molecule has 0 aromatic rings. The van der Waals surface area contributed by atoms with E-state index in [1.165, 1.54) is 11.8 Å². The fraction of sp³-hybridized carbons (Fsp3) is 0.778. The fourth-order valence-electron chi connectivity index (χ4n) is 9.04. The number of amides is 1. The second kappa shape index (κ2) is 23.9. The number of ether oxygens (including phenoxy) is 5. The molecule has 13 heteroatoms. The highest BCUT2D eigenvalue weighted by Gasteiger charge is 2.41. The topological polar surface area (TPSA) is 178 Å². The van der Waals surface area contributed by atoms with Crippen molar-refractivity contribution in [3.8, 4) is 0 Å². The lowest BCUT2D eigenvalue weighted by atomic mass is 9.81. The van der Waals surface area contributed by atoms with Gasteiger partial charge in [-0.1, -0.05) is 44.6 Å². The number of aliphatic hydroxyl groups is 3. The van der Waals surface area contributed by atoms with Gasteiger partial charge in [-0.2, -0.15) is 0 Å². The van der Waals surface area contributed by atoms with Crippen molar-refractivity contribution in [1.29, 1.82) is 0 Å². The third-order valence-corrected chi connectivity index (χ3v) is 12.5. The number of allylic oxidation sites excluding steroid dienone is 4. The first-order valence-electron chi connectivity index (χ1n) is 21.2. The van der Waals surface area contributed by atoms with Crippen LogP contribution in [0, 0.1) is 29.6 Å². The summed E-state index contributed by atoms with van der Waals surface area (Å²) in [5, 5.41) is 32.5. The summed E-state index contributed by atoms with van der Waals surface area (Å²) < 4.78 is 29.2. The molecule has 0 bridgehead atoms. The van der Waals surface area contributed by atoms with E-state index >= 15 is 0 Å². The van der Waals surface area contributed by atoms with E-state index in [0.29, 0.717) is 69.8 Å². The van der Waals surface area contributed by atoms with Crippen molar-refractivity contribution in [3.63, 3.8) is 0 Å². The Morgan fingerprint density at radius 2 is 1.64 bits per heavy atom. The van der Waals surface area contributed by atoms with E-state index in [2.05, 4.69) is 13.5 Å². The van der Waals surface area contributed by atoms with Crippen LogP contribution in [-0.4, -0.2) is 127 Å². The van der Waals surface area contributed by atoms with Crippen LogP contribution in [0.4, 0.5) is 0 Å². The number of hydrogen-bond acceptors (Lipinski definition) is 12. The first kappa shape index (κ1) is 49.6. The molecule has 0 unspecified atom stereocenters. The standard InChI is InChI=1S/C45H73NO12/c1-11-14-33(20-26(2)19-27(3)21-39(55-9)42-40(56-10)23-29(5)44(52)58-42)37(50)25-36(49)30(6)41(28(4)22-32-16-17-35(48)38(24-32)54-8)57-45(53)34-15-12-13-18-46(34)43(51)31(7)47/h11,20,22,27,29-30,32-36,38-42,44,48-49,52H,1,12-19,21,23-25H2,2-10H3/b26-20+,28-22+/t27-,29+,30+,32-,33+,34-,35+,36-,38+,39-,40-,41+,42+,44-/m0/s1. The van der Waals surface area contributed by atoms with Gasteiger partial charge in [0.1, 0.15) is 24.0 Å². The number of hydrogen-bond donors (Lipinski definition) is 3. The summed E-state index contributed by atoms with van der Waals surface area (Å²) in [5.74, 6) is -3.35. The Kier molecular flexibility index (Phi) is 20.4. The van der Waals surface area contributed by atoms with Gasteiger partial charge in [0.2, 0.25) is 5.78 Å². The van der Waals surface area contributed by atoms with Crippen molar-refractivity contribution < 1.29 is 58.2 Å². The number of ketones is 2. The molecule has 14 atom stereocenters. The van der Waals surface area contributed by atoms with Gasteiger partial charge in [-0.25, -0.2) is 4.79 Å². The Morgan fingerprint density at radius 3 is 2.26 bits per heavy atom. The van der Waals surface area contributed by atoms with Gasteiger partial charge in [-0.15, -0.1) is 6.58 Å². The molecular formula is C45H73NO12. The molecule has 58 heavy (non-hydrogen) atoms. The largest absolute Gasteiger partial charge is 0.456 e. The smallest absolute Gasteiger partial charge is 0.329 e. The molecule has 3 aliphatic rings.